The van der Waals surface area contributed by atoms with E-state index in [1.165, 1.54) is 0 Å². The standard InChI is InChI=1S/C8H17O/c1-4-7-9-8(5-2)6-3/h7-8H,4-6H2,1-3H3. The van der Waals surface area contributed by atoms with E-state index < -0.39 is 0 Å². The average Bonchev–Trinajstić information content (AvgIpc) is 1.91. The van der Waals surface area contributed by atoms with Gasteiger partial charge in [-0.05, 0) is 19.3 Å². The third-order valence-corrected chi connectivity index (χ3v) is 1.37. The van der Waals surface area contributed by atoms with Crippen molar-refractivity contribution in [1.29, 1.82) is 0 Å². The zero-order valence-corrected chi connectivity index (χ0v) is 6.68. The molecule has 0 fully saturated rings. The third kappa shape index (κ3) is 4.46. The lowest BCUT2D eigenvalue weighted by molar-refractivity contribution is 0.0956. The molecule has 0 heterocycles. The second-order valence-corrected chi connectivity index (χ2v) is 2.15. The molecule has 0 N–H and O–H groups in total. The molecule has 55 valence electrons. The van der Waals surface area contributed by atoms with Crippen molar-refractivity contribution in [2.45, 2.75) is 46.1 Å². The van der Waals surface area contributed by atoms with Gasteiger partial charge in [-0.15, -0.1) is 0 Å². The Kier molecular flexibility index (Phi) is 6.06. The highest BCUT2D eigenvalue weighted by Gasteiger charge is 2.00. The van der Waals surface area contributed by atoms with Gasteiger partial charge in [0.2, 0.25) is 0 Å². The third-order valence-electron chi connectivity index (χ3n) is 1.37. The maximum atomic E-state index is 5.36. The Morgan fingerprint density at radius 1 is 1.22 bits per heavy atom. The summed E-state index contributed by atoms with van der Waals surface area (Å²) >= 11 is 0. The van der Waals surface area contributed by atoms with Crippen molar-refractivity contribution in [2.75, 3.05) is 0 Å². The normalized spacial score (nSPS) is 10.7. The van der Waals surface area contributed by atoms with Crippen LogP contribution in [-0.4, -0.2) is 6.10 Å². The maximum absolute atomic E-state index is 5.36. The Balaban J connectivity index is 3.09. The lowest BCUT2D eigenvalue weighted by Gasteiger charge is -2.11. The second kappa shape index (κ2) is 6.09. The molecule has 1 heteroatoms. The van der Waals surface area contributed by atoms with Gasteiger partial charge in [-0.2, -0.15) is 0 Å². The Morgan fingerprint density at radius 2 is 1.78 bits per heavy atom. The molecule has 0 atom stereocenters. The minimum atomic E-state index is 0.449. The molecular weight excluding hydrogens is 112 g/mol. The molecular formula is C8H17O. The Morgan fingerprint density at radius 3 is 2.11 bits per heavy atom. The van der Waals surface area contributed by atoms with E-state index in [0.29, 0.717) is 6.10 Å². The first kappa shape index (κ1) is 8.96. The van der Waals surface area contributed by atoms with Crippen molar-refractivity contribution in [2.24, 2.45) is 0 Å². The van der Waals surface area contributed by atoms with E-state index in [-0.39, 0.29) is 0 Å². The molecule has 0 aromatic carbocycles. The molecule has 0 aliphatic rings. The van der Waals surface area contributed by atoms with E-state index in [1.807, 2.05) is 6.61 Å². The summed E-state index contributed by atoms with van der Waals surface area (Å²) in [6.07, 6.45) is 3.70. The smallest absolute Gasteiger partial charge is 0.0837 e. The van der Waals surface area contributed by atoms with Crippen LogP contribution in [0.1, 0.15) is 40.0 Å². The lowest BCUT2D eigenvalue weighted by atomic mass is 10.2. The van der Waals surface area contributed by atoms with Gasteiger partial charge < -0.3 is 4.74 Å². The molecule has 0 amide bonds. The molecule has 0 spiro atoms. The Labute approximate surface area is 58.4 Å². The molecule has 9 heavy (non-hydrogen) atoms. The predicted octanol–water partition coefficient (Wildman–Crippen LogP) is 2.76. The van der Waals surface area contributed by atoms with Crippen LogP contribution < -0.4 is 0 Å². The highest BCUT2D eigenvalue weighted by atomic mass is 16.5. The van der Waals surface area contributed by atoms with Crippen LogP contribution in [0.4, 0.5) is 0 Å². The molecule has 0 aromatic rings. The summed E-state index contributed by atoms with van der Waals surface area (Å²) in [7, 11) is 0. The predicted molar refractivity (Wildman–Crippen MR) is 40.0 cm³/mol. The molecule has 0 bridgehead atoms. The van der Waals surface area contributed by atoms with Gasteiger partial charge in [0.25, 0.3) is 0 Å². The first-order chi connectivity index (χ1) is 4.35. The fraction of sp³-hybridized carbons (Fsp3) is 0.875. The van der Waals surface area contributed by atoms with Gasteiger partial charge in [0.15, 0.2) is 0 Å². The summed E-state index contributed by atoms with van der Waals surface area (Å²) in [5.74, 6) is 0. The molecule has 0 rings (SSSR count). The van der Waals surface area contributed by atoms with Crippen LogP contribution in [0.3, 0.4) is 0 Å². The van der Waals surface area contributed by atoms with E-state index in [1.54, 1.807) is 0 Å². The minimum absolute atomic E-state index is 0.449. The van der Waals surface area contributed by atoms with Gasteiger partial charge in [0.1, 0.15) is 0 Å². The summed E-state index contributed by atoms with van der Waals surface area (Å²) < 4.78 is 5.36. The Hall–Kier alpha value is -0.0400. The zero-order valence-electron chi connectivity index (χ0n) is 6.68. The topological polar surface area (TPSA) is 9.23 Å². The number of ether oxygens (including phenoxy) is 1. The van der Waals surface area contributed by atoms with Crippen LogP contribution in [0.5, 0.6) is 0 Å². The summed E-state index contributed by atoms with van der Waals surface area (Å²) in [5, 5.41) is 0. The quantitative estimate of drug-likeness (QED) is 0.554. The SMILES string of the molecule is CC[CH]OC(CC)CC. The van der Waals surface area contributed by atoms with E-state index in [2.05, 4.69) is 20.8 Å². The van der Waals surface area contributed by atoms with Crippen molar-refractivity contribution in [3.05, 3.63) is 6.61 Å². The fourth-order valence-corrected chi connectivity index (χ4v) is 0.713. The van der Waals surface area contributed by atoms with Gasteiger partial charge in [-0.1, -0.05) is 20.8 Å². The van der Waals surface area contributed by atoms with Crippen molar-refractivity contribution in [3.8, 4) is 0 Å². The first-order valence-corrected chi connectivity index (χ1v) is 3.82. The van der Waals surface area contributed by atoms with Crippen LogP contribution in [0.15, 0.2) is 0 Å². The van der Waals surface area contributed by atoms with Gasteiger partial charge in [0, 0.05) is 0 Å². The summed E-state index contributed by atoms with van der Waals surface area (Å²) in [5.41, 5.74) is 0. The highest BCUT2D eigenvalue weighted by molar-refractivity contribution is 4.55. The van der Waals surface area contributed by atoms with Crippen LogP contribution in [0.2, 0.25) is 0 Å². The minimum Gasteiger partial charge on any atom is -0.372 e. The van der Waals surface area contributed by atoms with Gasteiger partial charge in [-0.3, -0.25) is 0 Å². The van der Waals surface area contributed by atoms with Gasteiger partial charge in [0.05, 0.1) is 12.7 Å². The van der Waals surface area contributed by atoms with Crippen LogP contribution >= 0.6 is 0 Å². The zero-order chi connectivity index (χ0) is 7.11. The molecule has 1 nitrogen and oxygen atoms in total. The van der Waals surface area contributed by atoms with Crippen molar-refractivity contribution in [3.63, 3.8) is 0 Å². The van der Waals surface area contributed by atoms with Crippen molar-refractivity contribution >= 4 is 0 Å². The number of hydrogen-bond acceptors (Lipinski definition) is 1. The van der Waals surface area contributed by atoms with Crippen molar-refractivity contribution in [1.82, 2.24) is 0 Å². The fourth-order valence-electron chi connectivity index (χ4n) is 0.713. The Bertz CT molecular complexity index is 48.5. The summed E-state index contributed by atoms with van der Waals surface area (Å²) in [6.45, 7) is 8.27. The summed E-state index contributed by atoms with van der Waals surface area (Å²) in [6, 6.07) is 0. The first-order valence-electron chi connectivity index (χ1n) is 3.82. The van der Waals surface area contributed by atoms with E-state index in [4.69, 9.17) is 4.74 Å². The molecule has 1 radical (unpaired) electrons. The average molecular weight is 129 g/mol. The van der Waals surface area contributed by atoms with E-state index in [9.17, 15) is 0 Å². The van der Waals surface area contributed by atoms with Crippen molar-refractivity contribution < 1.29 is 4.74 Å². The monoisotopic (exact) mass is 129 g/mol. The van der Waals surface area contributed by atoms with E-state index in [0.717, 1.165) is 19.3 Å². The highest BCUT2D eigenvalue weighted by Crippen LogP contribution is 2.04. The molecule has 0 aromatic heterocycles. The second-order valence-electron chi connectivity index (χ2n) is 2.15. The number of hydrogen-bond donors (Lipinski definition) is 0. The number of rotatable bonds is 5. The molecule has 0 aliphatic carbocycles. The van der Waals surface area contributed by atoms with Gasteiger partial charge >= 0.3 is 0 Å². The van der Waals surface area contributed by atoms with Crippen LogP contribution in [0.25, 0.3) is 0 Å². The molecule has 0 unspecified atom stereocenters. The summed E-state index contributed by atoms with van der Waals surface area (Å²) in [4.78, 5) is 0. The maximum Gasteiger partial charge on any atom is 0.0837 e. The van der Waals surface area contributed by atoms with Crippen LogP contribution in [-0.2, 0) is 4.74 Å². The van der Waals surface area contributed by atoms with E-state index >= 15 is 0 Å². The lowest BCUT2D eigenvalue weighted by Crippen LogP contribution is -2.07. The molecule has 0 saturated carbocycles. The molecule has 0 aliphatic heterocycles. The van der Waals surface area contributed by atoms with Crippen LogP contribution in [0, 0.1) is 6.61 Å². The largest absolute Gasteiger partial charge is 0.372 e. The van der Waals surface area contributed by atoms with Gasteiger partial charge in [-0.25, -0.2) is 0 Å². The molecule has 0 saturated heterocycles.